The van der Waals surface area contributed by atoms with Gasteiger partial charge in [-0.3, -0.25) is 0 Å². The van der Waals surface area contributed by atoms with Crippen LogP contribution in [0.3, 0.4) is 0 Å². The fourth-order valence-electron chi connectivity index (χ4n) is 1.64. The molecule has 1 saturated heterocycles. The molecular weight excluding hydrogens is 152 g/mol. The maximum atomic E-state index is 8.62. The first-order valence-corrected chi connectivity index (χ1v) is 4.50. The van der Waals surface area contributed by atoms with Crippen molar-refractivity contribution < 1.29 is 9.84 Å². The first-order chi connectivity index (χ1) is 5.77. The van der Waals surface area contributed by atoms with Gasteiger partial charge in [-0.05, 0) is 25.2 Å². The minimum Gasteiger partial charge on any atom is -0.396 e. The van der Waals surface area contributed by atoms with E-state index in [4.69, 9.17) is 16.3 Å². The minimum atomic E-state index is -0.00584. The Kier molecular flexibility index (Phi) is 3.58. The van der Waals surface area contributed by atoms with Gasteiger partial charge in [0.25, 0.3) is 0 Å². The second-order valence-corrected chi connectivity index (χ2v) is 3.42. The van der Waals surface area contributed by atoms with E-state index in [9.17, 15) is 0 Å². The monoisotopic (exact) mass is 168 g/mol. The molecule has 12 heavy (non-hydrogen) atoms. The van der Waals surface area contributed by atoms with Crippen molar-refractivity contribution >= 4 is 0 Å². The Morgan fingerprint density at radius 1 is 1.67 bits per heavy atom. The van der Waals surface area contributed by atoms with Crippen LogP contribution < -0.4 is 0 Å². The number of aliphatic hydroxyl groups excluding tert-OH is 1. The molecule has 0 spiro atoms. The molecule has 0 radical (unpaired) electrons. The molecule has 1 fully saturated rings. The van der Waals surface area contributed by atoms with Crippen molar-refractivity contribution in [3.63, 3.8) is 0 Å². The minimum absolute atomic E-state index is 0.00584. The van der Waals surface area contributed by atoms with Crippen LogP contribution in [-0.4, -0.2) is 23.9 Å². The van der Waals surface area contributed by atoms with Crippen molar-refractivity contribution in [1.29, 1.82) is 0 Å². The zero-order valence-corrected chi connectivity index (χ0v) is 7.49. The molecule has 0 saturated carbocycles. The molecule has 0 aromatic carbocycles. The zero-order valence-electron chi connectivity index (χ0n) is 7.49. The van der Waals surface area contributed by atoms with Gasteiger partial charge >= 0.3 is 0 Å². The van der Waals surface area contributed by atoms with E-state index < -0.39 is 0 Å². The van der Waals surface area contributed by atoms with Gasteiger partial charge in [0.1, 0.15) is 6.10 Å². The Labute approximate surface area is 73.9 Å². The summed E-state index contributed by atoms with van der Waals surface area (Å²) in [6, 6.07) is 0. The maximum absolute atomic E-state index is 8.62. The second-order valence-electron chi connectivity index (χ2n) is 3.42. The van der Waals surface area contributed by atoms with E-state index in [0.717, 1.165) is 19.3 Å². The van der Waals surface area contributed by atoms with Gasteiger partial charge < -0.3 is 9.84 Å². The van der Waals surface area contributed by atoms with Crippen molar-refractivity contribution in [1.82, 2.24) is 0 Å². The molecule has 3 atom stereocenters. The quantitative estimate of drug-likeness (QED) is 0.641. The Bertz CT molecular complexity index is 171. The lowest BCUT2D eigenvalue weighted by atomic mass is 10.0. The van der Waals surface area contributed by atoms with Gasteiger partial charge in [-0.1, -0.05) is 12.8 Å². The summed E-state index contributed by atoms with van der Waals surface area (Å²) in [5, 5.41) is 8.62. The topological polar surface area (TPSA) is 29.5 Å². The Morgan fingerprint density at radius 3 is 2.92 bits per heavy atom. The largest absolute Gasteiger partial charge is 0.396 e. The van der Waals surface area contributed by atoms with Crippen molar-refractivity contribution in [3.05, 3.63) is 0 Å². The van der Waals surface area contributed by atoms with E-state index >= 15 is 0 Å². The van der Waals surface area contributed by atoms with Gasteiger partial charge in [0.2, 0.25) is 0 Å². The molecule has 68 valence electrons. The lowest BCUT2D eigenvalue weighted by Gasteiger charge is -2.08. The summed E-state index contributed by atoms with van der Waals surface area (Å²) < 4.78 is 5.58. The lowest BCUT2D eigenvalue weighted by Crippen LogP contribution is -2.11. The van der Waals surface area contributed by atoms with Crippen molar-refractivity contribution in [2.24, 2.45) is 5.92 Å². The molecule has 2 heteroatoms. The van der Waals surface area contributed by atoms with Gasteiger partial charge in [0, 0.05) is 6.61 Å². The lowest BCUT2D eigenvalue weighted by molar-refractivity contribution is 0.0599. The Morgan fingerprint density at radius 2 is 2.42 bits per heavy atom. The van der Waals surface area contributed by atoms with Gasteiger partial charge in [-0.15, -0.1) is 6.42 Å². The number of hydrogen-bond donors (Lipinski definition) is 1. The molecule has 1 heterocycles. The molecular formula is C10H16O2. The molecule has 0 aliphatic carbocycles. The zero-order chi connectivity index (χ0) is 8.97. The summed E-state index contributed by atoms with van der Waals surface area (Å²) in [7, 11) is 0. The number of aliphatic hydroxyl groups is 1. The summed E-state index contributed by atoms with van der Waals surface area (Å²) in [6.07, 6.45) is 8.34. The molecule has 2 nitrogen and oxygen atoms in total. The summed E-state index contributed by atoms with van der Waals surface area (Å²) in [5.74, 6) is 3.11. The van der Waals surface area contributed by atoms with Gasteiger partial charge in [0.05, 0.1) is 6.10 Å². The van der Waals surface area contributed by atoms with Gasteiger partial charge in [0.15, 0.2) is 0 Å². The molecule has 0 amide bonds. The van der Waals surface area contributed by atoms with Crippen LogP contribution in [0.2, 0.25) is 0 Å². The van der Waals surface area contributed by atoms with E-state index in [1.165, 1.54) is 0 Å². The number of hydrogen-bond acceptors (Lipinski definition) is 2. The highest BCUT2D eigenvalue weighted by Gasteiger charge is 2.29. The highest BCUT2D eigenvalue weighted by atomic mass is 16.5. The van der Waals surface area contributed by atoms with Crippen molar-refractivity contribution in [2.75, 3.05) is 6.61 Å². The first kappa shape index (κ1) is 9.57. The molecule has 0 aromatic rings. The summed E-state index contributed by atoms with van der Waals surface area (Å²) in [5.41, 5.74) is 0. The predicted octanol–water partition coefficient (Wildman–Crippen LogP) is 1.19. The predicted molar refractivity (Wildman–Crippen MR) is 47.6 cm³/mol. The molecule has 1 aliphatic rings. The van der Waals surface area contributed by atoms with E-state index in [0.29, 0.717) is 5.92 Å². The van der Waals surface area contributed by atoms with Crippen LogP contribution in [0, 0.1) is 18.3 Å². The van der Waals surface area contributed by atoms with Crippen LogP contribution in [-0.2, 0) is 4.74 Å². The fraction of sp³-hybridized carbons (Fsp3) is 0.800. The fourth-order valence-corrected chi connectivity index (χ4v) is 1.64. The van der Waals surface area contributed by atoms with Crippen LogP contribution in [0.15, 0.2) is 0 Å². The maximum Gasteiger partial charge on any atom is 0.120 e. The number of rotatable bonds is 3. The van der Waals surface area contributed by atoms with Crippen LogP contribution in [0.25, 0.3) is 0 Å². The third-order valence-electron chi connectivity index (χ3n) is 2.34. The highest BCUT2D eigenvalue weighted by molar-refractivity contribution is 5.01. The summed E-state index contributed by atoms with van der Waals surface area (Å²) >= 11 is 0. The van der Waals surface area contributed by atoms with Gasteiger partial charge in [-0.2, -0.15) is 0 Å². The average molecular weight is 168 g/mol. The van der Waals surface area contributed by atoms with Crippen LogP contribution in [0.5, 0.6) is 0 Å². The third-order valence-corrected chi connectivity index (χ3v) is 2.34. The smallest absolute Gasteiger partial charge is 0.120 e. The highest BCUT2D eigenvalue weighted by Crippen LogP contribution is 2.27. The summed E-state index contributed by atoms with van der Waals surface area (Å²) in [4.78, 5) is 0. The number of terminal acetylenes is 1. The third kappa shape index (κ3) is 2.23. The molecule has 1 N–H and O–H groups in total. The SMILES string of the molecule is C#C[C@@H]1O[C@H](CCCO)C[C@H]1C. The molecule has 0 aromatic heterocycles. The van der Waals surface area contributed by atoms with Crippen LogP contribution in [0.1, 0.15) is 26.2 Å². The van der Waals surface area contributed by atoms with Crippen LogP contribution in [0.4, 0.5) is 0 Å². The molecule has 0 bridgehead atoms. The van der Waals surface area contributed by atoms with Crippen molar-refractivity contribution in [2.45, 2.75) is 38.4 Å². The van der Waals surface area contributed by atoms with E-state index in [1.807, 2.05) is 0 Å². The standard InChI is InChI=1S/C10H16O2/c1-3-10-8(2)7-9(12-10)5-4-6-11/h1,8-11H,4-7H2,2H3/t8-,9-,10+/m1/s1. The van der Waals surface area contributed by atoms with Crippen LogP contribution >= 0.6 is 0 Å². The summed E-state index contributed by atoms with van der Waals surface area (Å²) in [6.45, 7) is 2.36. The second kappa shape index (κ2) is 4.49. The Balaban J connectivity index is 2.29. The van der Waals surface area contributed by atoms with Gasteiger partial charge in [-0.25, -0.2) is 0 Å². The molecule has 1 aliphatic heterocycles. The normalized spacial score (nSPS) is 34.9. The first-order valence-electron chi connectivity index (χ1n) is 4.50. The molecule has 0 unspecified atom stereocenters. The Hall–Kier alpha value is -0.520. The van der Waals surface area contributed by atoms with Crippen molar-refractivity contribution in [3.8, 4) is 12.3 Å². The molecule has 1 rings (SSSR count). The number of ether oxygens (including phenoxy) is 1. The van der Waals surface area contributed by atoms with E-state index in [2.05, 4.69) is 12.8 Å². The average Bonchev–Trinajstić information content (AvgIpc) is 2.43. The van der Waals surface area contributed by atoms with E-state index in [-0.39, 0.29) is 18.8 Å². The van der Waals surface area contributed by atoms with E-state index in [1.54, 1.807) is 0 Å².